The molecule has 2 aromatic rings. The summed E-state index contributed by atoms with van der Waals surface area (Å²) in [5, 5.41) is 20.7. The summed E-state index contributed by atoms with van der Waals surface area (Å²) in [6.45, 7) is 12.6. The average molecular weight is 612 g/mol. The number of morpholine rings is 1. The molecule has 1 aliphatic carbocycles. The van der Waals surface area contributed by atoms with Gasteiger partial charge in [-0.3, -0.25) is 19.8 Å². The first-order valence-electron chi connectivity index (χ1n) is 15.8. The monoisotopic (exact) mass is 611 g/mol. The molecule has 0 saturated carbocycles. The van der Waals surface area contributed by atoms with Crippen molar-refractivity contribution >= 4 is 29.2 Å². The summed E-state index contributed by atoms with van der Waals surface area (Å²) in [6.07, 6.45) is 4.28. The number of carbonyl (C=O) groups excluding carboxylic acids is 2. The Balaban J connectivity index is 1.43. The fourth-order valence-electron chi connectivity index (χ4n) is 5.55. The van der Waals surface area contributed by atoms with Gasteiger partial charge in [0.25, 0.3) is 0 Å². The predicted molar refractivity (Wildman–Crippen MR) is 172 cm³/mol. The highest BCUT2D eigenvalue weighted by atomic mass is 32.1. The lowest BCUT2D eigenvalue weighted by Gasteiger charge is -2.27. The Bertz CT molecular complexity index is 1210. The van der Waals surface area contributed by atoms with Crippen LogP contribution in [0.5, 0.6) is 0 Å². The molecule has 0 spiro atoms. The van der Waals surface area contributed by atoms with Crippen LogP contribution >= 0.6 is 11.3 Å². The third kappa shape index (κ3) is 10.2. The number of nitrogens with zero attached hydrogens (tertiary/aromatic N) is 2. The number of aromatic nitrogens is 1. The van der Waals surface area contributed by atoms with Crippen LogP contribution in [0.15, 0.2) is 35.9 Å². The van der Waals surface area contributed by atoms with Crippen molar-refractivity contribution in [3.8, 4) is 0 Å². The fourth-order valence-corrected chi connectivity index (χ4v) is 6.76. The molecular formula is C33H49N5O4S. The molecule has 1 aliphatic heterocycles. The summed E-state index contributed by atoms with van der Waals surface area (Å²) in [5.74, 6) is 0.579. The van der Waals surface area contributed by atoms with E-state index >= 15 is 0 Å². The SMILES string of the molecule is CCC(O)N[C@H](Cc1nc2c(s1)C=C(C(C)C)CC2C)C(=O)N[C@@H](CNC(=O)CCN1CCOCC1)Cc1ccccc1. The number of ether oxygens (including phenoxy) is 1. The van der Waals surface area contributed by atoms with E-state index in [-0.39, 0.29) is 17.9 Å². The minimum absolute atomic E-state index is 0.0359. The summed E-state index contributed by atoms with van der Waals surface area (Å²) >= 11 is 1.64. The lowest BCUT2D eigenvalue weighted by atomic mass is 9.86. The Morgan fingerprint density at radius 3 is 2.60 bits per heavy atom. The van der Waals surface area contributed by atoms with Crippen molar-refractivity contribution in [2.75, 3.05) is 39.4 Å². The van der Waals surface area contributed by atoms with Crippen LogP contribution < -0.4 is 16.0 Å². The second kappa shape index (κ2) is 16.4. The van der Waals surface area contributed by atoms with Gasteiger partial charge in [-0.15, -0.1) is 11.3 Å². The standard InChI is InChI=1S/C33H49N5O4S/c1-5-29(39)36-27(20-31-37-32-23(4)17-25(22(2)3)19-28(32)43-31)33(41)35-26(18-24-9-7-6-8-10-24)21-34-30(40)11-12-38-13-15-42-16-14-38/h6-10,19,22-23,26-27,29,36,39H,5,11-18,20-21H2,1-4H3,(H,34,40)(H,35,41)/t23?,26-,27-,29?/m1/s1. The van der Waals surface area contributed by atoms with E-state index in [1.807, 2.05) is 37.3 Å². The number of benzene rings is 1. The summed E-state index contributed by atoms with van der Waals surface area (Å²) in [4.78, 5) is 34.9. The van der Waals surface area contributed by atoms with E-state index in [4.69, 9.17) is 9.72 Å². The van der Waals surface area contributed by atoms with Gasteiger partial charge in [-0.05, 0) is 36.8 Å². The van der Waals surface area contributed by atoms with E-state index in [2.05, 4.69) is 47.7 Å². The first-order valence-corrected chi connectivity index (χ1v) is 16.6. The Hall–Kier alpha value is -2.63. The summed E-state index contributed by atoms with van der Waals surface area (Å²) in [6, 6.07) is 8.98. The zero-order valence-corrected chi connectivity index (χ0v) is 26.9. The Morgan fingerprint density at radius 1 is 1.16 bits per heavy atom. The lowest BCUT2D eigenvalue weighted by Crippen LogP contribution is -2.54. The van der Waals surface area contributed by atoms with Crippen LogP contribution in [0.25, 0.3) is 6.08 Å². The van der Waals surface area contributed by atoms with Gasteiger partial charge in [-0.2, -0.15) is 0 Å². The van der Waals surface area contributed by atoms with E-state index < -0.39 is 12.3 Å². The summed E-state index contributed by atoms with van der Waals surface area (Å²) in [7, 11) is 0. The molecule has 4 N–H and O–H groups in total. The Kier molecular flexibility index (Phi) is 12.7. The van der Waals surface area contributed by atoms with Crippen molar-refractivity contribution in [3.05, 3.63) is 57.0 Å². The molecule has 4 rings (SSSR count). The summed E-state index contributed by atoms with van der Waals surface area (Å²) in [5.41, 5.74) is 3.60. The van der Waals surface area contributed by atoms with Gasteiger partial charge in [0.1, 0.15) is 6.23 Å². The molecule has 1 saturated heterocycles. The molecule has 1 fully saturated rings. The van der Waals surface area contributed by atoms with Gasteiger partial charge in [0.15, 0.2) is 0 Å². The van der Waals surface area contributed by atoms with Crippen LogP contribution in [0, 0.1) is 5.92 Å². The highest BCUT2D eigenvalue weighted by Gasteiger charge is 2.28. The Labute approximate surface area is 260 Å². The molecule has 2 amide bonds. The van der Waals surface area contributed by atoms with Crippen molar-refractivity contribution in [2.24, 2.45) is 5.92 Å². The molecule has 4 atom stereocenters. The molecule has 43 heavy (non-hydrogen) atoms. The quantitative estimate of drug-likeness (QED) is 0.228. The van der Waals surface area contributed by atoms with Gasteiger partial charge >= 0.3 is 0 Å². The minimum atomic E-state index is -0.816. The maximum atomic E-state index is 13.8. The van der Waals surface area contributed by atoms with Gasteiger partial charge < -0.3 is 20.5 Å². The van der Waals surface area contributed by atoms with Gasteiger partial charge in [-0.25, -0.2) is 4.98 Å². The number of hydrogen-bond donors (Lipinski definition) is 4. The van der Waals surface area contributed by atoms with Crippen molar-refractivity contribution in [2.45, 2.75) is 84.0 Å². The van der Waals surface area contributed by atoms with Crippen molar-refractivity contribution < 1.29 is 19.4 Å². The average Bonchev–Trinajstić information content (AvgIpc) is 3.42. The van der Waals surface area contributed by atoms with Gasteiger partial charge in [-0.1, -0.05) is 63.6 Å². The number of thiazole rings is 1. The third-order valence-electron chi connectivity index (χ3n) is 8.24. The van der Waals surface area contributed by atoms with Crippen LogP contribution in [0.4, 0.5) is 0 Å². The van der Waals surface area contributed by atoms with E-state index in [0.29, 0.717) is 63.8 Å². The highest BCUT2D eigenvalue weighted by Crippen LogP contribution is 2.38. The largest absolute Gasteiger partial charge is 0.379 e. The third-order valence-corrected chi connectivity index (χ3v) is 9.28. The van der Waals surface area contributed by atoms with Crippen LogP contribution in [-0.2, 0) is 27.2 Å². The van der Waals surface area contributed by atoms with Gasteiger partial charge in [0.2, 0.25) is 11.8 Å². The van der Waals surface area contributed by atoms with Crippen molar-refractivity contribution in [1.82, 2.24) is 25.8 Å². The van der Waals surface area contributed by atoms with Crippen LogP contribution in [0.3, 0.4) is 0 Å². The molecule has 0 radical (unpaired) electrons. The predicted octanol–water partition coefficient (Wildman–Crippen LogP) is 3.48. The molecule has 236 valence electrons. The number of nitrogens with one attached hydrogen (secondary N) is 3. The number of carbonyl (C=O) groups is 2. The Morgan fingerprint density at radius 2 is 1.91 bits per heavy atom. The lowest BCUT2D eigenvalue weighted by molar-refractivity contribution is -0.126. The number of rotatable bonds is 15. The van der Waals surface area contributed by atoms with E-state index in [1.165, 1.54) is 10.5 Å². The second-order valence-corrected chi connectivity index (χ2v) is 13.2. The van der Waals surface area contributed by atoms with Gasteiger partial charge in [0, 0.05) is 44.9 Å². The highest BCUT2D eigenvalue weighted by molar-refractivity contribution is 7.12. The van der Waals surface area contributed by atoms with E-state index in [9.17, 15) is 14.7 Å². The van der Waals surface area contributed by atoms with E-state index in [0.717, 1.165) is 35.8 Å². The molecule has 2 aliphatic rings. The normalized spacial score (nSPS) is 19.3. The number of allylic oxidation sites excluding steroid dienone is 1. The first-order chi connectivity index (χ1) is 20.7. The first kappa shape index (κ1) is 33.3. The van der Waals surface area contributed by atoms with Crippen molar-refractivity contribution in [3.63, 3.8) is 0 Å². The number of fused-ring (bicyclic) bond motifs is 1. The smallest absolute Gasteiger partial charge is 0.237 e. The topological polar surface area (TPSA) is 116 Å². The number of aliphatic hydroxyl groups excluding tert-OH is 1. The molecular weight excluding hydrogens is 562 g/mol. The van der Waals surface area contributed by atoms with Gasteiger partial charge in [0.05, 0.1) is 40.9 Å². The molecule has 2 unspecified atom stereocenters. The maximum absolute atomic E-state index is 13.8. The molecule has 9 nitrogen and oxygen atoms in total. The van der Waals surface area contributed by atoms with Crippen molar-refractivity contribution in [1.29, 1.82) is 0 Å². The van der Waals surface area contributed by atoms with Crippen LogP contribution in [0.1, 0.15) is 74.0 Å². The van der Waals surface area contributed by atoms with E-state index in [1.54, 1.807) is 11.3 Å². The molecule has 2 heterocycles. The molecule has 10 heteroatoms. The minimum Gasteiger partial charge on any atom is -0.379 e. The van der Waals surface area contributed by atoms with Crippen LogP contribution in [-0.4, -0.2) is 84.5 Å². The molecule has 1 aromatic carbocycles. The number of hydrogen-bond acceptors (Lipinski definition) is 8. The molecule has 1 aromatic heterocycles. The second-order valence-electron chi connectivity index (χ2n) is 12.1. The number of aliphatic hydroxyl groups is 1. The van der Waals surface area contributed by atoms with Crippen LogP contribution in [0.2, 0.25) is 0 Å². The zero-order chi connectivity index (χ0) is 30.8. The fraction of sp³-hybridized carbons (Fsp3) is 0.606. The summed E-state index contributed by atoms with van der Waals surface area (Å²) < 4.78 is 5.40. The maximum Gasteiger partial charge on any atom is 0.237 e. The molecule has 0 bridgehead atoms. The number of amides is 2. The zero-order valence-electron chi connectivity index (χ0n) is 26.1.